The molecule has 0 unspecified atom stereocenters. The highest BCUT2D eigenvalue weighted by Crippen LogP contribution is 2.37. The van der Waals surface area contributed by atoms with E-state index in [0.29, 0.717) is 42.5 Å². The van der Waals surface area contributed by atoms with Gasteiger partial charge in [0.05, 0.1) is 5.41 Å². The number of carboxylic acids is 1. The van der Waals surface area contributed by atoms with Crippen LogP contribution in [-0.4, -0.2) is 35.0 Å². The molecule has 2 heterocycles. The van der Waals surface area contributed by atoms with E-state index < -0.39 is 11.4 Å². The first-order valence-corrected chi connectivity index (χ1v) is 9.19. The quantitative estimate of drug-likeness (QED) is 0.740. The molecule has 0 spiro atoms. The van der Waals surface area contributed by atoms with Crippen LogP contribution < -0.4 is 0 Å². The van der Waals surface area contributed by atoms with E-state index in [0.717, 1.165) is 5.56 Å². The van der Waals surface area contributed by atoms with Crippen LogP contribution in [0.1, 0.15) is 34.5 Å². The molecule has 4 rings (SSSR count). The Labute approximate surface area is 161 Å². The Morgan fingerprint density at radius 2 is 1.79 bits per heavy atom. The molecule has 6 heteroatoms. The maximum absolute atomic E-state index is 13.5. The summed E-state index contributed by atoms with van der Waals surface area (Å²) in [6.07, 6.45) is 0.651. The summed E-state index contributed by atoms with van der Waals surface area (Å²) in [5, 5.41) is 10.5. The molecule has 2 aromatic carbocycles. The Morgan fingerprint density at radius 3 is 2.43 bits per heavy atom. The van der Waals surface area contributed by atoms with Gasteiger partial charge >= 0.3 is 5.97 Å². The third-order valence-corrected chi connectivity index (χ3v) is 5.73. The number of aryl methyl sites for hydroxylation is 1. The largest absolute Gasteiger partial charge is 0.481 e. The number of nitrogens with zero attached hydrogens (tertiary/aromatic N) is 1. The summed E-state index contributed by atoms with van der Waals surface area (Å²) in [5.74, 6) is -1.37. The van der Waals surface area contributed by atoms with Gasteiger partial charge < -0.3 is 14.4 Å². The average Bonchev–Trinajstić information content (AvgIpc) is 3.04. The van der Waals surface area contributed by atoms with Gasteiger partial charge in [-0.15, -0.1) is 0 Å². The molecule has 0 bridgehead atoms. The van der Waals surface area contributed by atoms with E-state index in [1.807, 2.05) is 30.3 Å². The summed E-state index contributed by atoms with van der Waals surface area (Å²) >= 11 is 0. The first kappa shape index (κ1) is 18.2. The van der Waals surface area contributed by atoms with Crippen molar-refractivity contribution in [3.05, 3.63) is 71.2 Å². The molecule has 1 aliphatic heterocycles. The van der Waals surface area contributed by atoms with Crippen molar-refractivity contribution in [3.63, 3.8) is 0 Å². The average molecular weight is 381 g/mol. The molecule has 0 atom stereocenters. The van der Waals surface area contributed by atoms with Gasteiger partial charge in [-0.3, -0.25) is 9.59 Å². The van der Waals surface area contributed by atoms with Gasteiger partial charge in [-0.05, 0) is 43.5 Å². The standard InChI is InChI=1S/C22H20FNO4/c1-14-17-13-16(23)7-8-18(17)28-19(14)20(25)24-11-9-22(10-12-24,21(26)27)15-5-3-2-4-6-15/h2-8,13H,9-12H2,1H3,(H,26,27). The van der Waals surface area contributed by atoms with Gasteiger partial charge in [0.2, 0.25) is 0 Å². The minimum Gasteiger partial charge on any atom is -0.481 e. The van der Waals surface area contributed by atoms with Crippen LogP contribution in [0.2, 0.25) is 0 Å². The summed E-state index contributed by atoms with van der Waals surface area (Å²) in [6, 6.07) is 13.3. The molecule has 1 N–H and O–H groups in total. The van der Waals surface area contributed by atoms with Crippen LogP contribution >= 0.6 is 0 Å². The zero-order valence-corrected chi connectivity index (χ0v) is 15.4. The second-order valence-electron chi connectivity index (χ2n) is 7.24. The van der Waals surface area contributed by atoms with Gasteiger partial charge in [-0.2, -0.15) is 0 Å². The van der Waals surface area contributed by atoms with Gasteiger partial charge in [0.25, 0.3) is 5.91 Å². The smallest absolute Gasteiger partial charge is 0.314 e. The number of furan rings is 1. The molecule has 0 aliphatic carbocycles. The third-order valence-electron chi connectivity index (χ3n) is 5.73. The number of hydrogen-bond donors (Lipinski definition) is 1. The Balaban J connectivity index is 1.59. The number of amides is 1. The molecule has 1 amide bonds. The highest BCUT2D eigenvalue weighted by Gasteiger charge is 2.44. The number of carbonyl (C=O) groups excluding carboxylic acids is 1. The number of carboxylic acid groups (broad SMARTS) is 1. The lowest BCUT2D eigenvalue weighted by molar-refractivity contribution is -0.145. The number of hydrogen-bond acceptors (Lipinski definition) is 3. The predicted molar refractivity (Wildman–Crippen MR) is 102 cm³/mol. The number of likely N-dealkylation sites (tertiary alicyclic amines) is 1. The Kier molecular flexibility index (Phi) is 4.41. The van der Waals surface area contributed by atoms with Crippen molar-refractivity contribution in [1.29, 1.82) is 0 Å². The van der Waals surface area contributed by atoms with E-state index in [-0.39, 0.29) is 17.5 Å². The summed E-state index contributed by atoms with van der Waals surface area (Å²) < 4.78 is 19.2. The molecule has 3 aromatic rings. The number of piperidine rings is 1. The van der Waals surface area contributed by atoms with Crippen molar-refractivity contribution in [2.45, 2.75) is 25.2 Å². The van der Waals surface area contributed by atoms with Crippen molar-refractivity contribution < 1.29 is 23.5 Å². The zero-order chi connectivity index (χ0) is 19.9. The Morgan fingerprint density at radius 1 is 1.11 bits per heavy atom. The van der Waals surface area contributed by atoms with Crippen LogP contribution in [0.4, 0.5) is 4.39 Å². The summed E-state index contributed by atoms with van der Waals surface area (Å²) in [5.41, 5.74) is 0.815. The van der Waals surface area contributed by atoms with Gasteiger partial charge in [-0.1, -0.05) is 30.3 Å². The van der Waals surface area contributed by atoms with Crippen LogP contribution in [-0.2, 0) is 10.2 Å². The van der Waals surface area contributed by atoms with Crippen molar-refractivity contribution >= 4 is 22.8 Å². The van der Waals surface area contributed by atoms with E-state index in [1.54, 1.807) is 11.8 Å². The molecule has 0 radical (unpaired) electrons. The fourth-order valence-electron chi connectivity index (χ4n) is 4.02. The van der Waals surface area contributed by atoms with Crippen molar-refractivity contribution in [1.82, 2.24) is 4.90 Å². The maximum Gasteiger partial charge on any atom is 0.314 e. The number of benzene rings is 2. The molecule has 28 heavy (non-hydrogen) atoms. The Hall–Kier alpha value is -3.15. The monoisotopic (exact) mass is 381 g/mol. The minimum absolute atomic E-state index is 0.183. The molecule has 1 aliphatic rings. The van der Waals surface area contributed by atoms with E-state index in [2.05, 4.69) is 0 Å². The first-order chi connectivity index (χ1) is 13.4. The van der Waals surface area contributed by atoms with Gasteiger partial charge in [0.1, 0.15) is 11.4 Å². The highest BCUT2D eigenvalue weighted by molar-refractivity contribution is 5.99. The molecule has 1 aromatic heterocycles. The van der Waals surface area contributed by atoms with Crippen LogP contribution in [0.25, 0.3) is 11.0 Å². The second-order valence-corrected chi connectivity index (χ2v) is 7.24. The summed E-state index contributed by atoms with van der Waals surface area (Å²) in [4.78, 5) is 26.7. The molecular formula is C22H20FNO4. The Bertz CT molecular complexity index is 1050. The van der Waals surface area contributed by atoms with Crippen molar-refractivity contribution in [2.75, 3.05) is 13.1 Å². The van der Waals surface area contributed by atoms with E-state index in [9.17, 15) is 19.1 Å². The lowest BCUT2D eigenvalue weighted by Crippen LogP contribution is -2.49. The highest BCUT2D eigenvalue weighted by atomic mass is 19.1. The SMILES string of the molecule is Cc1c(C(=O)N2CCC(C(=O)O)(c3ccccc3)CC2)oc2ccc(F)cc12. The molecule has 1 fully saturated rings. The fourth-order valence-corrected chi connectivity index (χ4v) is 4.02. The number of fused-ring (bicyclic) bond motifs is 1. The van der Waals surface area contributed by atoms with Gasteiger partial charge in [0.15, 0.2) is 5.76 Å². The van der Waals surface area contributed by atoms with E-state index in [1.165, 1.54) is 18.2 Å². The summed E-state index contributed by atoms with van der Waals surface area (Å²) in [6.45, 7) is 2.35. The number of carbonyl (C=O) groups is 2. The molecule has 0 saturated carbocycles. The topological polar surface area (TPSA) is 70.8 Å². The van der Waals surface area contributed by atoms with Crippen LogP contribution in [0.3, 0.4) is 0 Å². The molecular weight excluding hydrogens is 361 g/mol. The number of halogens is 1. The number of aliphatic carboxylic acids is 1. The van der Waals surface area contributed by atoms with Crippen LogP contribution in [0.5, 0.6) is 0 Å². The van der Waals surface area contributed by atoms with Crippen molar-refractivity contribution in [3.8, 4) is 0 Å². The van der Waals surface area contributed by atoms with Crippen molar-refractivity contribution in [2.24, 2.45) is 0 Å². The van der Waals surface area contributed by atoms with Gasteiger partial charge in [0, 0.05) is 24.0 Å². The van der Waals surface area contributed by atoms with Crippen LogP contribution in [0.15, 0.2) is 52.9 Å². The van der Waals surface area contributed by atoms with Crippen LogP contribution in [0, 0.1) is 12.7 Å². The lowest BCUT2D eigenvalue weighted by atomic mass is 9.73. The second kappa shape index (κ2) is 6.78. The summed E-state index contributed by atoms with van der Waals surface area (Å²) in [7, 11) is 0. The van der Waals surface area contributed by atoms with Gasteiger partial charge in [-0.25, -0.2) is 4.39 Å². The zero-order valence-electron chi connectivity index (χ0n) is 15.4. The molecule has 144 valence electrons. The normalized spacial score (nSPS) is 16.3. The van der Waals surface area contributed by atoms with E-state index >= 15 is 0 Å². The minimum atomic E-state index is -0.996. The fraction of sp³-hybridized carbons (Fsp3) is 0.273. The lowest BCUT2D eigenvalue weighted by Gasteiger charge is -2.39. The van der Waals surface area contributed by atoms with E-state index in [4.69, 9.17) is 4.42 Å². The molecule has 1 saturated heterocycles. The predicted octanol–water partition coefficient (Wildman–Crippen LogP) is 4.14. The molecule has 5 nitrogen and oxygen atoms in total. The first-order valence-electron chi connectivity index (χ1n) is 9.19. The maximum atomic E-state index is 13.5. The third kappa shape index (κ3) is 2.85. The number of rotatable bonds is 3.